The molecule has 1 aliphatic carbocycles. The minimum Gasteiger partial charge on any atom is -0.315 e. The molecule has 2 nitrogen and oxygen atoms in total. The van der Waals surface area contributed by atoms with Crippen molar-refractivity contribution in [3.05, 3.63) is 0 Å². The first-order valence-electron chi connectivity index (χ1n) is 5.37. The van der Waals surface area contributed by atoms with Crippen LogP contribution >= 0.6 is 0 Å². The summed E-state index contributed by atoms with van der Waals surface area (Å²) in [4.78, 5) is 0. The van der Waals surface area contributed by atoms with E-state index in [2.05, 4.69) is 17.6 Å². The minimum atomic E-state index is 0.775. The standard InChI is InChI=1S/C10H20N2/c1-2-3-8-6-10(8)12-9-4-5-11-7-9/h8-12H,2-7H2,1H3. The van der Waals surface area contributed by atoms with Gasteiger partial charge in [0.25, 0.3) is 0 Å². The zero-order valence-electron chi connectivity index (χ0n) is 7.97. The fraction of sp³-hybridized carbons (Fsp3) is 1.00. The Morgan fingerprint density at radius 2 is 2.42 bits per heavy atom. The molecule has 0 radical (unpaired) electrons. The van der Waals surface area contributed by atoms with Crippen LogP contribution in [0.2, 0.25) is 0 Å². The highest BCUT2D eigenvalue weighted by atomic mass is 15.1. The average molecular weight is 168 g/mol. The van der Waals surface area contributed by atoms with E-state index in [0.717, 1.165) is 18.0 Å². The molecule has 2 heteroatoms. The highest BCUT2D eigenvalue weighted by Gasteiger charge is 2.37. The molecule has 70 valence electrons. The van der Waals surface area contributed by atoms with Gasteiger partial charge in [0.1, 0.15) is 0 Å². The fourth-order valence-electron chi connectivity index (χ4n) is 2.24. The van der Waals surface area contributed by atoms with Crippen LogP contribution in [0.15, 0.2) is 0 Å². The van der Waals surface area contributed by atoms with Crippen LogP contribution in [-0.4, -0.2) is 25.2 Å². The zero-order chi connectivity index (χ0) is 8.39. The summed E-state index contributed by atoms with van der Waals surface area (Å²) in [7, 11) is 0. The third kappa shape index (κ3) is 1.99. The second-order valence-electron chi connectivity index (χ2n) is 4.25. The molecule has 1 aliphatic heterocycles. The lowest BCUT2D eigenvalue weighted by molar-refractivity contribution is 0.512. The summed E-state index contributed by atoms with van der Waals surface area (Å²) in [6.07, 6.45) is 5.54. The van der Waals surface area contributed by atoms with Crippen LogP contribution in [0.1, 0.15) is 32.6 Å². The van der Waals surface area contributed by atoms with Crippen LogP contribution in [0.25, 0.3) is 0 Å². The quantitative estimate of drug-likeness (QED) is 0.657. The lowest BCUT2D eigenvalue weighted by Crippen LogP contribution is -2.33. The largest absolute Gasteiger partial charge is 0.315 e. The van der Waals surface area contributed by atoms with Crippen LogP contribution in [0.3, 0.4) is 0 Å². The summed E-state index contributed by atoms with van der Waals surface area (Å²) in [5.74, 6) is 1.01. The Kier molecular flexibility index (Phi) is 2.66. The van der Waals surface area contributed by atoms with Crippen LogP contribution in [-0.2, 0) is 0 Å². The Morgan fingerprint density at radius 1 is 1.50 bits per heavy atom. The van der Waals surface area contributed by atoms with Crippen molar-refractivity contribution in [1.29, 1.82) is 0 Å². The van der Waals surface area contributed by atoms with Crippen molar-refractivity contribution in [1.82, 2.24) is 10.6 Å². The van der Waals surface area contributed by atoms with Gasteiger partial charge < -0.3 is 10.6 Å². The first kappa shape index (κ1) is 8.52. The maximum absolute atomic E-state index is 3.73. The van der Waals surface area contributed by atoms with Crippen LogP contribution in [0, 0.1) is 5.92 Å². The van der Waals surface area contributed by atoms with Crippen LogP contribution < -0.4 is 10.6 Å². The molecule has 3 atom stereocenters. The molecule has 2 aliphatic rings. The third-order valence-corrected chi connectivity index (χ3v) is 3.09. The molecule has 1 heterocycles. The van der Waals surface area contributed by atoms with Gasteiger partial charge in [-0.15, -0.1) is 0 Å². The van der Waals surface area contributed by atoms with Gasteiger partial charge in [-0.3, -0.25) is 0 Å². The van der Waals surface area contributed by atoms with Gasteiger partial charge in [-0.05, 0) is 31.7 Å². The van der Waals surface area contributed by atoms with Gasteiger partial charge in [0.05, 0.1) is 0 Å². The second kappa shape index (κ2) is 3.75. The van der Waals surface area contributed by atoms with Crippen molar-refractivity contribution >= 4 is 0 Å². The Labute approximate surface area is 75.1 Å². The average Bonchev–Trinajstić information content (AvgIpc) is 2.62. The fourth-order valence-corrected chi connectivity index (χ4v) is 2.24. The van der Waals surface area contributed by atoms with E-state index < -0.39 is 0 Å². The van der Waals surface area contributed by atoms with Crippen molar-refractivity contribution < 1.29 is 0 Å². The van der Waals surface area contributed by atoms with E-state index in [9.17, 15) is 0 Å². The molecule has 2 N–H and O–H groups in total. The van der Waals surface area contributed by atoms with Gasteiger partial charge in [0.15, 0.2) is 0 Å². The van der Waals surface area contributed by atoms with Crippen LogP contribution in [0.5, 0.6) is 0 Å². The smallest absolute Gasteiger partial charge is 0.0207 e. The molecule has 2 rings (SSSR count). The van der Waals surface area contributed by atoms with Crippen molar-refractivity contribution in [3.63, 3.8) is 0 Å². The van der Waals surface area contributed by atoms with Gasteiger partial charge in [-0.1, -0.05) is 13.3 Å². The summed E-state index contributed by atoms with van der Waals surface area (Å²) >= 11 is 0. The van der Waals surface area contributed by atoms with E-state index in [4.69, 9.17) is 0 Å². The first-order valence-corrected chi connectivity index (χ1v) is 5.37. The predicted molar refractivity (Wildman–Crippen MR) is 51.2 cm³/mol. The minimum absolute atomic E-state index is 0.775. The normalized spacial score (nSPS) is 40.2. The summed E-state index contributed by atoms with van der Waals surface area (Å²) in [6.45, 7) is 4.69. The van der Waals surface area contributed by atoms with Gasteiger partial charge >= 0.3 is 0 Å². The molecule has 12 heavy (non-hydrogen) atoms. The highest BCUT2D eigenvalue weighted by Crippen LogP contribution is 2.35. The lowest BCUT2D eigenvalue weighted by atomic mass is 10.2. The SMILES string of the molecule is CCCC1CC1NC1CCNC1. The highest BCUT2D eigenvalue weighted by molar-refractivity contribution is 4.95. The Hall–Kier alpha value is -0.0800. The van der Waals surface area contributed by atoms with Crippen molar-refractivity contribution in [3.8, 4) is 0 Å². The zero-order valence-corrected chi connectivity index (χ0v) is 7.97. The monoisotopic (exact) mass is 168 g/mol. The molecule has 2 fully saturated rings. The van der Waals surface area contributed by atoms with Crippen LogP contribution in [0.4, 0.5) is 0 Å². The number of hydrogen-bond donors (Lipinski definition) is 2. The molecule has 0 bridgehead atoms. The summed E-state index contributed by atoms with van der Waals surface area (Å²) in [6, 6.07) is 1.65. The van der Waals surface area contributed by atoms with Gasteiger partial charge in [-0.25, -0.2) is 0 Å². The van der Waals surface area contributed by atoms with Crippen molar-refractivity contribution in [2.75, 3.05) is 13.1 Å². The predicted octanol–water partition coefficient (Wildman–Crippen LogP) is 1.13. The van der Waals surface area contributed by atoms with E-state index in [1.807, 2.05) is 0 Å². The van der Waals surface area contributed by atoms with Gasteiger partial charge in [-0.2, -0.15) is 0 Å². The molecule has 0 aromatic rings. The summed E-state index contributed by atoms with van der Waals surface area (Å²) in [5.41, 5.74) is 0. The van der Waals surface area contributed by atoms with E-state index in [0.29, 0.717) is 0 Å². The molecule has 0 spiro atoms. The maximum atomic E-state index is 3.73. The molecule has 0 aromatic heterocycles. The van der Waals surface area contributed by atoms with E-state index in [1.165, 1.54) is 38.8 Å². The Morgan fingerprint density at radius 3 is 3.08 bits per heavy atom. The molecule has 3 unspecified atom stereocenters. The molecule has 1 saturated carbocycles. The molecule has 0 aromatic carbocycles. The molecular weight excluding hydrogens is 148 g/mol. The maximum Gasteiger partial charge on any atom is 0.0207 e. The van der Waals surface area contributed by atoms with E-state index in [-0.39, 0.29) is 0 Å². The van der Waals surface area contributed by atoms with Crippen molar-refractivity contribution in [2.24, 2.45) is 5.92 Å². The van der Waals surface area contributed by atoms with E-state index in [1.54, 1.807) is 0 Å². The van der Waals surface area contributed by atoms with Gasteiger partial charge in [0.2, 0.25) is 0 Å². The topological polar surface area (TPSA) is 24.1 Å². The third-order valence-electron chi connectivity index (χ3n) is 3.09. The summed E-state index contributed by atoms with van der Waals surface area (Å²) in [5, 5.41) is 7.11. The Balaban J connectivity index is 1.62. The van der Waals surface area contributed by atoms with Crippen molar-refractivity contribution in [2.45, 2.75) is 44.7 Å². The number of nitrogens with one attached hydrogen (secondary N) is 2. The van der Waals surface area contributed by atoms with E-state index >= 15 is 0 Å². The summed E-state index contributed by atoms with van der Waals surface area (Å²) < 4.78 is 0. The Bertz CT molecular complexity index is 141. The molecule has 1 saturated heterocycles. The number of rotatable bonds is 4. The first-order chi connectivity index (χ1) is 5.90. The van der Waals surface area contributed by atoms with Gasteiger partial charge in [0, 0.05) is 18.6 Å². The molecule has 0 amide bonds. The molecular formula is C10H20N2. The lowest BCUT2D eigenvalue weighted by Gasteiger charge is -2.10. The number of hydrogen-bond acceptors (Lipinski definition) is 2. The second-order valence-corrected chi connectivity index (χ2v) is 4.25.